The maximum absolute atomic E-state index is 14.2. The fraction of sp³-hybridized carbons (Fsp3) is 0.188. The maximum Gasteiger partial charge on any atom is 0.262 e. The number of nitrogens with zero attached hydrogens (tertiary/aromatic N) is 1. The molecule has 0 aliphatic carbocycles. The molecule has 0 spiro atoms. The summed E-state index contributed by atoms with van der Waals surface area (Å²) in [6.07, 6.45) is 0. The van der Waals surface area contributed by atoms with Crippen LogP contribution in [0.2, 0.25) is 0 Å². The maximum atomic E-state index is 14.2. The van der Waals surface area contributed by atoms with Crippen molar-refractivity contribution in [1.29, 1.82) is 0 Å². The molecule has 2 amide bonds. The molecule has 2 heterocycles. The standard InChI is InChI=1S/C16H14FN3O5/c1-24-5-6-25-13-9(17)3-2-4-10(13)20-11(21)7-8-12(14(20)18)16(23)19-15(8)22/h2-4,7H,5-6,18H2,1H3,(H,19,22,23). The number of carbonyl (C=O) groups is 2. The van der Waals surface area contributed by atoms with E-state index in [0.29, 0.717) is 0 Å². The highest BCUT2D eigenvalue weighted by Crippen LogP contribution is 2.29. The zero-order valence-electron chi connectivity index (χ0n) is 13.2. The highest BCUT2D eigenvalue weighted by molar-refractivity contribution is 6.23. The summed E-state index contributed by atoms with van der Waals surface area (Å²) in [5.74, 6) is -2.61. The molecule has 8 nitrogen and oxygen atoms in total. The van der Waals surface area contributed by atoms with Crippen molar-refractivity contribution in [2.24, 2.45) is 0 Å². The number of amides is 2. The van der Waals surface area contributed by atoms with Crippen LogP contribution in [0, 0.1) is 5.82 Å². The highest BCUT2D eigenvalue weighted by Gasteiger charge is 2.32. The van der Waals surface area contributed by atoms with Gasteiger partial charge >= 0.3 is 0 Å². The first-order valence-corrected chi connectivity index (χ1v) is 7.27. The minimum Gasteiger partial charge on any atom is -0.486 e. The van der Waals surface area contributed by atoms with Gasteiger partial charge in [-0.25, -0.2) is 4.39 Å². The number of ether oxygens (including phenoxy) is 2. The second kappa shape index (κ2) is 6.36. The number of fused-ring (bicyclic) bond motifs is 1. The van der Waals surface area contributed by atoms with Gasteiger partial charge in [0.15, 0.2) is 11.6 Å². The van der Waals surface area contributed by atoms with Crippen molar-refractivity contribution in [2.45, 2.75) is 0 Å². The predicted octanol–water partition coefficient (Wildman–Crippen LogP) is 0.468. The Labute approximate surface area is 141 Å². The van der Waals surface area contributed by atoms with Crippen molar-refractivity contribution in [1.82, 2.24) is 9.88 Å². The van der Waals surface area contributed by atoms with Crippen LogP contribution < -0.4 is 21.3 Å². The van der Waals surface area contributed by atoms with Crippen LogP contribution >= 0.6 is 0 Å². The quantitative estimate of drug-likeness (QED) is 0.600. The Morgan fingerprint density at radius 3 is 2.68 bits per heavy atom. The molecular weight excluding hydrogens is 333 g/mol. The molecule has 25 heavy (non-hydrogen) atoms. The first-order valence-electron chi connectivity index (χ1n) is 7.27. The molecule has 130 valence electrons. The molecule has 1 aliphatic rings. The number of nitrogens with two attached hydrogens (primary N) is 1. The van der Waals surface area contributed by atoms with Crippen LogP contribution in [0.4, 0.5) is 10.2 Å². The largest absolute Gasteiger partial charge is 0.486 e. The third kappa shape index (κ3) is 2.74. The summed E-state index contributed by atoms with van der Waals surface area (Å²) in [6, 6.07) is 4.94. The lowest BCUT2D eigenvalue weighted by Gasteiger charge is -2.16. The molecule has 1 aromatic heterocycles. The predicted molar refractivity (Wildman–Crippen MR) is 85.6 cm³/mol. The number of aromatic nitrogens is 1. The van der Waals surface area contributed by atoms with Gasteiger partial charge in [0.2, 0.25) is 0 Å². The third-order valence-corrected chi connectivity index (χ3v) is 3.67. The van der Waals surface area contributed by atoms with Crippen molar-refractivity contribution in [3.05, 3.63) is 51.6 Å². The summed E-state index contributed by atoms with van der Waals surface area (Å²) in [5.41, 5.74) is 5.03. The Morgan fingerprint density at radius 2 is 1.96 bits per heavy atom. The third-order valence-electron chi connectivity index (χ3n) is 3.67. The average Bonchev–Trinajstić information content (AvgIpc) is 2.84. The Bertz CT molecular complexity index is 938. The highest BCUT2D eigenvalue weighted by atomic mass is 19.1. The fourth-order valence-corrected chi connectivity index (χ4v) is 2.57. The van der Waals surface area contributed by atoms with E-state index in [1.807, 2.05) is 0 Å². The van der Waals surface area contributed by atoms with Crippen LogP contribution in [0.15, 0.2) is 29.1 Å². The van der Waals surface area contributed by atoms with Gasteiger partial charge in [0.25, 0.3) is 17.4 Å². The number of nitrogens with one attached hydrogen (secondary N) is 1. The van der Waals surface area contributed by atoms with Crippen molar-refractivity contribution < 1.29 is 23.5 Å². The van der Waals surface area contributed by atoms with Gasteiger partial charge in [-0.05, 0) is 12.1 Å². The minimum atomic E-state index is -0.718. The lowest BCUT2D eigenvalue weighted by molar-refractivity contribution is 0.0880. The molecule has 1 aromatic carbocycles. The normalized spacial score (nSPS) is 12.9. The smallest absolute Gasteiger partial charge is 0.262 e. The van der Waals surface area contributed by atoms with Gasteiger partial charge < -0.3 is 15.2 Å². The Kier molecular flexibility index (Phi) is 4.24. The zero-order valence-corrected chi connectivity index (χ0v) is 13.2. The van der Waals surface area contributed by atoms with E-state index < -0.39 is 23.2 Å². The molecular formula is C16H14FN3O5. The van der Waals surface area contributed by atoms with E-state index in [-0.39, 0.29) is 41.6 Å². The number of halogens is 1. The monoisotopic (exact) mass is 347 g/mol. The molecule has 0 unspecified atom stereocenters. The topological polar surface area (TPSA) is 113 Å². The number of methoxy groups -OCH3 is 1. The molecule has 3 rings (SSSR count). The fourth-order valence-electron chi connectivity index (χ4n) is 2.57. The second-order valence-electron chi connectivity index (χ2n) is 5.20. The van der Waals surface area contributed by atoms with E-state index in [2.05, 4.69) is 5.32 Å². The average molecular weight is 347 g/mol. The number of nitrogen functional groups attached to an aromatic ring is 1. The molecule has 1 aliphatic heterocycles. The van der Waals surface area contributed by atoms with E-state index in [1.165, 1.54) is 19.2 Å². The number of carbonyl (C=O) groups excluding carboxylic acids is 2. The molecule has 0 saturated carbocycles. The molecule has 0 bridgehead atoms. The molecule has 3 N–H and O–H groups in total. The van der Waals surface area contributed by atoms with E-state index >= 15 is 0 Å². The summed E-state index contributed by atoms with van der Waals surface area (Å²) in [6.45, 7) is 0.252. The summed E-state index contributed by atoms with van der Waals surface area (Å²) >= 11 is 0. The summed E-state index contributed by atoms with van der Waals surface area (Å²) in [7, 11) is 1.46. The van der Waals surface area contributed by atoms with Crippen molar-refractivity contribution >= 4 is 17.6 Å². The van der Waals surface area contributed by atoms with Crippen LogP contribution in [-0.2, 0) is 4.74 Å². The number of imide groups is 1. The summed E-state index contributed by atoms with van der Waals surface area (Å²) in [4.78, 5) is 36.0. The number of rotatable bonds is 5. The van der Waals surface area contributed by atoms with Crippen molar-refractivity contribution in [2.75, 3.05) is 26.1 Å². The molecule has 0 saturated heterocycles. The minimum absolute atomic E-state index is 0.0218. The van der Waals surface area contributed by atoms with Gasteiger partial charge in [0.05, 0.1) is 23.4 Å². The number of benzene rings is 1. The molecule has 0 atom stereocenters. The Balaban J connectivity index is 2.20. The van der Waals surface area contributed by atoms with Crippen LogP contribution in [0.5, 0.6) is 5.75 Å². The van der Waals surface area contributed by atoms with E-state index in [4.69, 9.17) is 15.2 Å². The molecule has 2 aromatic rings. The van der Waals surface area contributed by atoms with Crippen LogP contribution in [-0.4, -0.2) is 36.7 Å². The van der Waals surface area contributed by atoms with Gasteiger partial charge in [-0.1, -0.05) is 6.07 Å². The van der Waals surface area contributed by atoms with Crippen LogP contribution in [0.25, 0.3) is 5.69 Å². The Morgan fingerprint density at radius 1 is 1.20 bits per heavy atom. The lowest BCUT2D eigenvalue weighted by atomic mass is 10.1. The Hall–Kier alpha value is -3.20. The number of para-hydroxylation sites is 1. The van der Waals surface area contributed by atoms with Gasteiger partial charge in [-0.3, -0.25) is 24.3 Å². The number of pyridine rings is 1. The van der Waals surface area contributed by atoms with Crippen LogP contribution in [0.3, 0.4) is 0 Å². The van der Waals surface area contributed by atoms with E-state index in [0.717, 1.165) is 16.7 Å². The molecule has 0 radical (unpaired) electrons. The summed E-state index contributed by atoms with van der Waals surface area (Å²) in [5, 5.41) is 2.06. The number of anilines is 1. The van der Waals surface area contributed by atoms with Gasteiger partial charge in [-0.2, -0.15) is 0 Å². The van der Waals surface area contributed by atoms with E-state index in [9.17, 15) is 18.8 Å². The van der Waals surface area contributed by atoms with Gasteiger partial charge in [-0.15, -0.1) is 0 Å². The second-order valence-corrected chi connectivity index (χ2v) is 5.20. The SMILES string of the molecule is COCCOc1c(F)cccc1-n1c(N)c2c(cc1=O)C(=O)NC2=O. The lowest BCUT2D eigenvalue weighted by Crippen LogP contribution is -2.25. The van der Waals surface area contributed by atoms with Crippen LogP contribution in [0.1, 0.15) is 20.7 Å². The number of hydrogen-bond donors (Lipinski definition) is 2. The van der Waals surface area contributed by atoms with E-state index in [1.54, 1.807) is 0 Å². The van der Waals surface area contributed by atoms with Crippen molar-refractivity contribution in [3.63, 3.8) is 0 Å². The van der Waals surface area contributed by atoms with Gasteiger partial charge in [0, 0.05) is 13.2 Å². The number of hydrogen-bond acceptors (Lipinski definition) is 6. The molecule has 9 heteroatoms. The molecule has 0 fully saturated rings. The summed E-state index contributed by atoms with van der Waals surface area (Å²) < 4.78 is 25.3. The first kappa shape index (κ1) is 16.7. The first-order chi connectivity index (χ1) is 12.0. The van der Waals surface area contributed by atoms with Crippen molar-refractivity contribution in [3.8, 4) is 11.4 Å². The zero-order chi connectivity index (χ0) is 18.1. The van der Waals surface area contributed by atoms with Gasteiger partial charge in [0.1, 0.15) is 12.4 Å².